The van der Waals surface area contributed by atoms with Crippen molar-refractivity contribution in [2.24, 2.45) is 0 Å². The fourth-order valence-electron chi connectivity index (χ4n) is 4.07. The molecule has 0 saturated carbocycles. The van der Waals surface area contributed by atoms with E-state index in [4.69, 9.17) is 14.2 Å². The molecule has 0 heterocycles. The number of carboxylic acid groups (broad SMARTS) is 1. The van der Waals surface area contributed by atoms with Crippen LogP contribution in [-0.4, -0.2) is 54.7 Å². The topological polar surface area (TPSA) is 102 Å². The first-order valence-electron chi connectivity index (χ1n) is 13.6. The molecule has 40 heavy (non-hydrogen) atoms. The molecule has 1 amide bonds. The maximum Gasteiger partial charge on any atom is 0.343 e. The minimum Gasteiger partial charge on any atom is -0.497 e. The van der Waals surface area contributed by atoms with Crippen LogP contribution in [-0.2, 0) is 11.2 Å². The van der Waals surface area contributed by atoms with Crippen molar-refractivity contribution in [1.82, 2.24) is 4.90 Å². The van der Waals surface area contributed by atoms with Crippen LogP contribution in [0.15, 0.2) is 72.8 Å². The number of esters is 1. The molecule has 0 aliphatic heterocycles. The second-order valence-electron chi connectivity index (χ2n) is 9.42. The van der Waals surface area contributed by atoms with Crippen LogP contribution in [0.3, 0.4) is 0 Å². The van der Waals surface area contributed by atoms with Crippen LogP contribution in [0.1, 0.15) is 65.3 Å². The lowest BCUT2D eigenvalue weighted by Crippen LogP contribution is -2.37. The number of hydrogen-bond acceptors (Lipinski definition) is 6. The van der Waals surface area contributed by atoms with E-state index >= 15 is 0 Å². The molecule has 1 N–H and O–H groups in total. The molecular weight excluding hydrogens is 510 g/mol. The van der Waals surface area contributed by atoms with Gasteiger partial charge in [0.1, 0.15) is 23.8 Å². The van der Waals surface area contributed by atoms with Crippen LogP contribution < -0.4 is 14.2 Å². The Balaban J connectivity index is 1.50. The second-order valence-corrected chi connectivity index (χ2v) is 9.42. The summed E-state index contributed by atoms with van der Waals surface area (Å²) in [5.74, 6) is -0.227. The molecule has 0 spiro atoms. The van der Waals surface area contributed by atoms with Crippen LogP contribution in [0.25, 0.3) is 0 Å². The molecule has 0 aromatic heterocycles. The predicted octanol–water partition coefficient (Wildman–Crippen LogP) is 6.03. The highest BCUT2D eigenvalue weighted by molar-refractivity contribution is 5.96. The van der Waals surface area contributed by atoms with Crippen molar-refractivity contribution < 1.29 is 33.7 Å². The summed E-state index contributed by atoms with van der Waals surface area (Å²) in [6.07, 6.45) is 6.28. The molecule has 3 aromatic carbocycles. The van der Waals surface area contributed by atoms with E-state index in [9.17, 15) is 19.5 Å². The Labute approximate surface area is 235 Å². The Morgan fingerprint density at radius 1 is 0.750 bits per heavy atom. The number of amides is 1. The number of carboxylic acids is 1. The molecule has 212 valence electrons. The maximum absolute atomic E-state index is 12.9. The molecule has 3 rings (SSSR count). The number of aliphatic carboxylic acids is 1. The third kappa shape index (κ3) is 9.76. The lowest BCUT2D eigenvalue weighted by molar-refractivity contribution is -0.137. The monoisotopic (exact) mass is 547 g/mol. The summed E-state index contributed by atoms with van der Waals surface area (Å²) in [7, 11) is 1.53. The number of ether oxygens (including phenoxy) is 3. The van der Waals surface area contributed by atoms with Gasteiger partial charge in [0.05, 0.1) is 19.3 Å². The lowest BCUT2D eigenvalue weighted by atomic mass is 10.1. The van der Waals surface area contributed by atoms with Gasteiger partial charge in [-0.25, -0.2) is 4.79 Å². The van der Waals surface area contributed by atoms with Crippen molar-refractivity contribution in [1.29, 1.82) is 0 Å². The molecule has 0 aliphatic carbocycles. The number of hydrogen-bond donors (Lipinski definition) is 1. The molecular formula is C32H37NO7. The van der Waals surface area contributed by atoms with Crippen molar-refractivity contribution in [2.75, 3.05) is 26.8 Å². The molecule has 0 saturated heterocycles. The zero-order valence-electron chi connectivity index (χ0n) is 23.1. The maximum atomic E-state index is 12.9. The van der Waals surface area contributed by atoms with E-state index < -0.39 is 18.5 Å². The van der Waals surface area contributed by atoms with Gasteiger partial charge in [-0.15, -0.1) is 0 Å². The van der Waals surface area contributed by atoms with Crippen LogP contribution >= 0.6 is 0 Å². The van der Waals surface area contributed by atoms with E-state index in [-0.39, 0.29) is 12.5 Å². The minimum absolute atomic E-state index is 0.212. The number of unbranched alkanes of at least 4 members (excludes halogenated alkanes) is 4. The van der Waals surface area contributed by atoms with Gasteiger partial charge >= 0.3 is 11.9 Å². The van der Waals surface area contributed by atoms with Gasteiger partial charge in [0.25, 0.3) is 5.91 Å². The first-order valence-corrected chi connectivity index (χ1v) is 13.6. The largest absolute Gasteiger partial charge is 0.497 e. The Kier molecular flexibility index (Phi) is 12.0. The third-order valence-corrected chi connectivity index (χ3v) is 6.36. The number of nitrogens with zero attached hydrogens (tertiary/aromatic N) is 1. The highest BCUT2D eigenvalue weighted by Gasteiger charge is 2.19. The Morgan fingerprint density at radius 3 is 1.98 bits per heavy atom. The van der Waals surface area contributed by atoms with E-state index in [2.05, 4.69) is 6.92 Å². The molecule has 0 unspecified atom stereocenters. The fraction of sp³-hybridized carbons (Fsp3) is 0.344. The van der Waals surface area contributed by atoms with Crippen molar-refractivity contribution >= 4 is 17.8 Å². The number of methoxy groups -OCH3 is 1. The van der Waals surface area contributed by atoms with Crippen LogP contribution in [0.5, 0.6) is 17.2 Å². The van der Waals surface area contributed by atoms with E-state index in [1.807, 2.05) is 0 Å². The van der Waals surface area contributed by atoms with Gasteiger partial charge in [-0.2, -0.15) is 0 Å². The van der Waals surface area contributed by atoms with Crippen LogP contribution in [0.2, 0.25) is 0 Å². The fourth-order valence-corrected chi connectivity index (χ4v) is 4.07. The first-order chi connectivity index (χ1) is 19.4. The first kappa shape index (κ1) is 30.2. The summed E-state index contributed by atoms with van der Waals surface area (Å²) < 4.78 is 16.4. The zero-order chi connectivity index (χ0) is 28.7. The Bertz CT molecular complexity index is 1220. The molecule has 0 atom stereocenters. The van der Waals surface area contributed by atoms with Gasteiger partial charge in [0, 0.05) is 12.1 Å². The molecule has 3 aromatic rings. The van der Waals surface area contributed by atoms with Crippen LogP contribution in [0.4, 0.5) is 0 Å². The minimum atomic E-state index is -1.09. The Hall–Kier alpha value is -4.33. The summed E-state index contributed by atoms with van der Waals surface area (Å²) >= 11 is 0. The molecule has 0 aliphatic rings. The average Bonchev–Trinajstić information content (AvgIpc) is 2.97. The molecule has 0 radical (unpaired) electrons. The summed E-state index contributed by atoms with van der Waals surface area (Å²) in [5, 5.41) is 9.29. The molecule has 0 fully saturated rings. The highest BCUT2D eigenvalue weighted by atomic mass is 16.5. The van der Waals surface area contributed by atoms with Gasteiger partial charge in [0.15, 0.2) is 0 Å². The summed E-state index contributed by atoms with van der Waals surface area (Å²) in [5.41, 5.74) is 1.67. The van der Waals surface area contributed by atoms with Gasteiger partial charge < -0.3 is 24.2 Å². The van der Waals surface area contributed by atoms with Crippen molar-refractivity contribution in [3.8, 4) is 17.2 Å². The third-order valence-electron chi connectivity index (χ3n) is 6.36. The van der Waals surface area contributed by atoms with E-state index in [0.29, 0.717) is 35.7 Å². The van der Waals surface area contributed by atoms with Crippen molar-refractivity contribution in [3.63, 3.8) is 0 Å². The van der Waals surface area contributed by atoms with Crippen molar-refractivity contribution in [2.45, 2.75) is 45.4 Å². The SMILES string of the molecule is CCCCCCCOc1ccc(C(=O)Oc2ccc(CCN(CC(=O)O)C(=O)c3ccc(OC)cc3)cc2)cc1. The number of carbonyl (C=O) groups excluding carboxylic acids is 2. The van der Waals surface area contributed by atoms with E-state index in [1.54, 1.807) is 72.8 Å². The Morgan fingerprint density at radius 2 is 1.35 bits per heavy atom. The van der Waals surface area contributed by atoms with Gasteiger partial charge in [-0.3, -0.25) is 9.59 Å². The standard InChI is InChI=1S/C32H37NO7/c1-3-4-5-6-7-22-39-28-18-12-26(13-19-28)32(37)40-29-14-8-24(9-15-29)20-21-33(23-30(34)35)31(36)25-10-16-27(38-2)17-11-25/h8-19H,3-7,20-23H2,1-2H3,(H,34,35). The zero-order valence-corrected chi connectivity index (χ0v) is 23.1. The normalized spacial score (nSPS) is 10.6. The molecule has 8 heteroatoms. The van der Waals surface area contributed by atoms with Crippen LogP contribution in [0, 0.1) is 0 Å². The van der Waals surface area contributed by atoms with E-state index in [1.165, 1.54) is 31.3 Å². The number of benzene rings is 3. The van der Waals surface area contributed by atoms with E-state index in [0.717, 1.165) is 24.2 Å². The lowest BCUT2D eigenvalue weighted by Gasteiger charge is -2.21. The van der Waals surface area contributed by atoms with Gasteiger partial charge in [0.2, 0.25) is 0 Å². The summed E-state index contributed by atoms with van der Waals surface area (Å²) in [6, 6.07) is 20.4. The quantitative estimate of drug-likeness (QED) is 0.133. The van der Waals surface area contributed by atoms with Crippen molar-refractivity contribution in [3.05, 3.63) is 89.5 Å². The smallest absolute Gasteiger partial charge is 0.343 e. The van der Waals surface area contributed by atoms with Gasteiger partial charge in [-0.05, 0) is 79.1 Å². The summed E-state index contributed by atoms with van der Waals surface area (Å²) in [4.78, 5) is 38.1. The predicted molar refractivity (Wildman–Crippen MR) is 152 cm³/mol. The number of rotatable bonds is 16. The highest BCUT2D eigenvalue weighted by Crippen LogP contribution is 2.18. The van der Waals surface area contributed by atoms with Gasteiger partial charge in [-0.1, -0.05) is 44.7 Å². The second kappa shape index (κ2) is 15.9. The number of carbonyl (C=O) groups is 3. The summed E-state index contributed by atoms with van der Waals surface area (Å²) in [6.45, 7) is 2.64. The average molecular weight is 548 g/mol. The molecule has 8 nitrogen and oxygen atoms in total. The molecule has 0 bridgehead atoms.